The van der Waals surface area contributed by atoms with Crippen LogP contribution in [0, 0.1) is 6.92 Å². The zero-order valence-electron chi connectivity index (χ0n) is 13.0. The molecule has 0 aliphatic carbocycles. The van der Waals surface area contributed by atoms with Crippen LogP contribution in [0.15, 0.2) is 54.6 Å². The Morgan fingerprint density at radius 3 is 2.32 bits per heavy atom. The largest absolute Gasteiger partial charge is 0.340 e. The summed E-state index contributed by atoms with van der Waals surface area (Å²) in [6.07, 6.45) is 0.567. The van der Waals surface area contributed by atoms with Crippen molar-refractivity contribution in [3.63, 3.8) is 0 Å². The molecule has 0 aromatic heterocycles. The summed E-state index contributed by atoms with van der Waals surface area (Å²) in [5, 5.41) is 0. The summed E-state index contributed by atoms with van der Waals surface area (Å²) in [4.78, 5) is 14.1. The number of benzene rings is 2. The van der Waals surface area contributed by atoms with Gasteiger partial charge in [-0.05, 0) is 30.0 Å². The molecule has 0 aliphatic heterocycles. The van der Waals surface area contributed by atoms with Crippen molar-refractivity contribution in [2.75, 3.05) is 7.05 Å². The van der Waals surface area contributed by atoms with Crippen LogP contribution in [0.3, 0.4) is 0 Å². The first-order valence-corrected chi connectivity index (χ1v) is 7.17. The smallest absolute Gasteiger partial charge is 0.239 e. The van der Waals surface area contributed by atoms with Gasteiger partial charge in [0.25, 0.3) is 0 Å². The fraction of sp³-hybridized carbons (Fsp3) is 0.278. The van der Waals surface area contributed by atoms with Crippen LogP contribution in [0.5, 0.6) is 0 Å². The molecule has 0 spiro atoms. The van der Waals surface area contributed by atoms with Crippen molar-refractivity contribution in [2.45, 2.75) is 25.9 Å². The number of amides is 1. The molecule has 0 radical (unpaired) electrons. The van der Waals surface area contributed by atoms with Crippen LogP contribution in [0.2, 0.25) is 0 Å². The normalized spacial score (nSPS) is 11.4. The van der Waals surface area contributed by atoms with E-state index in [1.165, 1.54) is 5.56 Å². The van der Waals surface area contributed by atoms with Crippen molar-refractivity contribution in [3.05, 3.63) is 71.3 Å². The highest BCUT2D eigenvalue weighted by molar-refractivity contribution is 5.85. The molecule has 2 aromatic carbocycles. The van der Waals surface area contributed by atoms with E-state index in [1.807, 2.05) is 48.5 Å². The van der Waals surface area contributed by atoms with Gasteiger partial charge >= 0.3 is 0 Å². The predicted molar refractivity (Wildman–Crippen MR) is 93.0 cm³/mol. The third-order valence-electron chi connectivity index (χ3n) is 3.66. The Hall–Kier alpha value is -1.84. The van der Waals surface area contributed by atoms with Gasteiger partial charge in [0.1, 0.15) is 0 Å². The van der Waals surface area contributed by atoms with E-state index < -0.39 is 6.04 Å². The van der Waals surface area contributed by atoms with Crippen LogP contribution >= 0.6 is 12.4 Å². The molecule has 2 N–H and O–H groups in total. The zero-order chi connectivity index (χ0) is 15.2. The Bertz CT molecular complexity index is 601. The third kappa shape index (κ3) is 4.86. The van der Waals surface area contributed by atoms with Crippen LogP contribution in [0.4, 0.5) is 0 Å². The molecule has 22 heavy (non-hydrogen) atoms. The number of hydrogen-bond acceptors (Lipinski definition) is 2. The van der Waals surface area contributed by atoms with Crippen molar-refractivity contribution in [1.29, 1.82) is 0 Å². The highest BCUT2D eigenvalue weighted by Gasteiger charge is 2.18. The summed E-state index contributed by atoms with van der Waals surface area (Å²) in [7, 11) is 1.81. The van der Waals surface area contributed by atoms with Crippen LogP contribution in [0.25, 0.3) is 0 Å². The third-order valence-corrected chi connectivity index (χ3v) is 3.66. The fourth-order valence-electron chi connectivity index (χ4n) is 2.36. The van der Waals surface area contributed by atoms with Crippen molar-refractivity contribution in [2.24, 2.45) is 5.73 Å². The van der Waals surface area contributed by atoms with Crippen molar-refractivity contribution >= 4 is 18.3 Å². The number of carbonyl (C=O) groups is 1. The Kier molecular flexibility index (Phi) is 7.09. The molecular formula is C18H23ClN2O. The SMILES string of the molecule is Cc1ccccc1CN(C)C(=O)[C@@H](N)Cc1ccccc1.Cl. The van der Waals surface area contributed by atoms with Gasteiger partial charge in [-0.3, -0.25) is 4.79 Å². The molecule has 0 aliphatic rings. The molecule has 4 heteroatoms. The van der Waals surface area contributed by atoms with Gasteiger partial charge in [0.2, 0.25) is 5.91 Å². The second-order valence-corrected chi connectivity index (χ2v) is 5.42. The lowest BCUT2D eigenvalue weighted by atomic mass is 10.0. The summed E-state index contributed by atoms with van der Waals surface area (Å²) in [5.41, 5.74) is 9.48. The number of hydrogen-bond donors (Lipinski definition) is 1. The number of nitrogens with two attached hydrogens (primary N) is 1. The summed E-state index contributed by atoms with van der Waals surface area (Å²) in [5.74, 6) is -0.0258. The average molecular weight is 319 g/mol. The number of rotatable bonds is 5. The maximum Gasteiger partial charge on any atom is 0.239 e. The molecule has 118 valence electrons. The molecule has 0 saturated carbocycles. The van der Waals surface area contributed by atoms with E-state index in [0.717, 1.165) is 11.1 Å². The lowest BCUT2D eigenvalue weighted by molar-refractivity contribution is -0.131. The lowest BCUT2D eigenvalue weighted by Gasteiger charge is -2.22. The minimum atomic E-state index is -0.499. The second kappa shape index (κ2) is 8.57. The molecule has 0 unspecified atom stereocenters. The van der Waals surface area contributed by atoms with E-state index in [9.17, 15) is 4.79 Å². The molecule has 1 atom stereocenters. The lowest BCUT2D eigenvalue weighted by Crippen LogP contribution is -2.42. The van der Waals surface area contributed by atoms with Crippen LogP contribution in [0.1, 0.15) is 16.7 Å². The topological polar surface area (TPSA) is 46.3 Å². The molecule has 0 bridgehead atoms. The van der Waals surface area contributed by atoms with E-state index >= 15 is 0 Å². The van der Waals surface area contributed by atoms with Gasteiger partial charge in [-0.15, -0.1) is 12.4 Å². The number of aryl methyl sites for hydroxylation is 1. The van der Waals surface area contributed by atoms with Gasteiger partial charge in [-0.2, -0.15) is 0 Å². The molecule has 1 amide bonds. The maximum atomic E-state index is 12.4. The minimum Gasteiger partial charge on any atom is -0.340 e. The monoisotopic (exact) mass is 318 g/mol. The van der Waals surface area contributed by atoms with Crippen molar-refractivity contribution in [3.8, 4) is 0 Å². The van der Waals surface area contributed by atoms with E-state index in [2.05, 4.69) is 13.0 Å². The number of carbonyl (C=O) groups excluding carboxylic acids is 1. The van der Waals surface area contributed by atoms with Gasteiger partial charge in [0.15, 0.2) is 0 Å². The Labute approximate surface area is 138 Å². The Balaban J connectivity index is 0.00000242. The predicted octanol–water partition coefficient (Wildman–Crippen LogP) is 2.95. The van der Waals surface area contributed by atoms with Gasteiger partial charge in [-0.25, -0.2) is 0 Å². The Morgan fingerprint density at radius 1 is 1.09 bits per heavy atom. The molecule has 0 fully saturated rings. The first kappa shape index (κ1) is 18.2. The molecule has 0 heterocycles. The van der Waals surface area contributed by atoms with Gasteiger partial charge in [0, 0.05) is 13.6 Å². The molecule has 2 rings (SSSR count). The number of nitrogens with zero attached hydrogens (tertiary/aromatic N) is 1. The Morgan fingerprint density at radius 2 is 1.68 bits per heavy atom. The summed E-state index contributed by atoms with van der Waals surface area (Å²) < 4.78 is 0. The number of halogens is 1. The number of likely N-dealkylation sites (N-methyl/N-ethyl adjacent to an activating group) is 1. The molecular weight excluding hydrogens is 296 g/mol. The van der Waals surface area contributed by atoms with E-state index in [-0.39, 0.29) is 18.3 Å². The highest BCUT2D eigenvalue weighted by Crippen LogP contribution is 2.11. The first-order chi connectivity index (χ1) is 10.1. The first-order valence-electron chi connectivity index (χ1n) is 7.17. The van der Waals surface area contributed by atoms with Crippen LogP contribution in [-0.4, -0.2) is 23.9 Å². The van der Waals surface area contributed by atoms with Crippen LogP contribution < -0.4 is 5.73 Å². The quantitative estimate of drug-likeness (QED) is 0.921. The van der Waals surface area contributed by atoms with E-state index in [0.29, 0.717) is 13.0 Å². The van der Waals surface area contributed by atoms with E-state index in [1.54, 1.807) is 11.9 Å². The van der Waals surface area contributed by atoms with E-state index in [4.69, 9.17) is 5.73 Å². The summed E-state index contributed by atoms with van der Waals surface area (Å²) in [6.45, 7) is 2.64. The van der Waals surface area contributed by atoms with Gasteiger partial charge < -0.3 is 10.6 Å². The highest BCUT2D eigenvalue weighted by atomic mass is 35.5. The van der Waals surface area contributed by atoms with Gasteiger partial charge in [-0.1, -0.05) is 54.6 Å². The van der Waals surface area contributed by atoms with Crippen molar-refractivity contribution < 1.29 is 4.79 Å². The second-order valence-electron chi connectivity index (χ2n) is 5.42. The minimum absolute atomic E-state index is 0. The molecule has 3 nitrogen and oxygen atoms in total. The average Bonchev–Trinajstić information content (AvgIpc) is 2.49. The zero-order valence-corrected chi connectivity index (χ0v) is 13.8. The molecule has 0 saturated heterocycles. The summed E-state index contributed by atoms with van der Waals surface area (Å²) in [6, 6.07) is 17.5. The van der Waals surface area contributed by atoms with Crippen molar-refractivity contribution in [1.82, 2.24) is 4.90 Å². The maximum absolute atomic E-state index is 12.4. The van der Waals surface area contributed by atoms with Crippen LogP contribution in [-0.2, 0) is 17.8 Å². The molecule has 2 aromatic rings. The fourth-order valence-corrected chi connectivity index (χ4v) is 2.36. The van der Waals surface area contributed by atoms with Gasteiger partial charge in [0.05, 0.1) is 6.04 Å². The standard InChI is InChI=1S/C18H22N2O.ClH/c1-14-8-6-7-11-16(14)13-20(2)18(21)17(19)12-15-9-4-3-5-10-15;/h3-11,17H,12-13,19H2,1-2H3;1H/t17-;/m0./s1. The summed E-state index contributed by atoms with van der Waals surface area (Å²) >= 11 is 0.